The Morgan fingerprint density at radius 1 is 1.56 bits per heavy atom. The fourth-order valence-electron chi connectivity index (χ4n) is 1.75. The molecule has 1 unspecified atom stereocenters. The number of fused-ring (bicyclic) bond motifs is 1. The van der Waals surface area contributed by atoms with Crippen LogP contribution in [0.5, 0.6) is 0 Å². The van der Waals surface area contributed by atoms with Crippen molar-refractivity contribution in [3.63, 3.8) is 0 Å². The van der Waals surface area contributed by atoms with Crippen LogP contribution in [0.4, 0.5) is 0 Å². The third-order valence-electron chi connectivity index (χ3n) is 2.73. The molecule has 2 aromatic rings. The first kappa shape index (κ1) is 12.4. The van der Waals surface area contributed by atoms with Crippen LogP contribution < -0.4 is 11.5 Å². The molecule has 1 aromatic carbocycles. The van der Waals surface area contributed by atoms with Crippen molar-refractivity contribution in [3.8, 4) is 0 Å². The summed E-state index contributed by atoms with van der Waals surface area (Å²) in [5, 5.41) is 0. The second-order valence-corrected chi connectivity index (χ2v) is 4.01. The Bertz CT molecular complexity index is 614. The summed E-state index contributed by atoms with van der Waals surface area (Å²) in [5.74, 6) is -0.902. The van der Waals surface area contributed by atoms with Gasteiger partial charge in [-0.05, 0) is 30.5 Å². The van der Waals surface area contributed by atoms with Gasteiger partial charge in [0.1, 0.15) is 6.04 Å². The van der Waals surface area contributed by atoms with Gasteiger partial charge in [-0.25, -0.2) is 4.79 Å². The highest BCUT2D eigenvalue weighted by Crippen LogP contribution is 2.14. The molecular weight excluding hydrogens is 236 g/mol. The average molecular weight is 250 g/mol. The minimum absolute atomic E-state index is 0.423. The lowest BCUT2D eigenvalue weighted by Crippen LogP contribution is -2.31. The molecule has 96 valence electrons. The summed E-state index contributed by atoms with van der Waals surface area (Å²) in [6, 6.07) is 4.73. The summed E-state index contributed by atoms with van der Waals surface area (Å²) in [6.07, 6.45) is 1.11. The Kier molecular flexibility index (Phi) is 3.47. The van der Waals surface area contributed by atoms with E-state index < -0.39 is 17.8 Å². The van der Waals surface area contributed by atoms with Gasteiger partial charge >= 0.3 is 11.7 Å². The Balaban J connectivity index is 2.08. The monoisotopic (exact) mass is 250 g/mol. The number of esters is 1. The zero-order chi connectivity index (χ0) is 13.1. The lowest BCUT2D eigenvalue weighted by molar-refractivity contribution is -0.142. The van der Waals surface area contributed by atoms with Crippen molar-refractivity contribution in [1.82, 2.24) is 4.98 Å². The number of hydrogen-bond acceptors (Lipinski definition) is 5. The molecule has 0 saturated carbocycles. The summed E-state index contributed by atoms with van der Waals surface area (Å²) in [7, 11) is 1.31. The highest BCUT2D eigenvalue weighted by Gasteiger charge is 2.13. The van der Waals surface area contributed by atoms with E-state index in [1.165, 1.54) is 7.11 Å². The van der Waals surface area contributed by atoms with Gasteiger partial charge in [-0.2, -0.15) is 0 Å². The molecule has 1 atom stereocenters. The van der Waals surface area contributed by atoms with E-state index >= 15 is 0 Å². The molecule has 0 aliphatic carbocycles. The van der Waals surface area contributed by atoms with E-state index in [0.29, 0.717) is 23.9 Å². The van der Waals surface area contributed by atoms with E-state index in [1.807, 2.05) is 12.1 Å². The van der Waals surface area contributed by atoms with Crippen LogP contribution in [-0.4, -0.2) is 24.1 Å². The molecule has 0 aliphatic heterocycles. The second-order valence-electron chi connectivity index (χ2n) is 4.01. The average Bonchev–Trinajstić information content (AvgIpc) is 2.74. The van der Waals surface area contributed by atoms with Crippen LogP contribution in [-0.2, 0) is 16.0 Å². The van der Waals surface area contributed by atoms with Crippen LogP contribution in [0.15, 0.2) is 27.4 Å². The van der Waals surface area contributed by atoms with E-state index in [2.05, 4.69) is 9.72 Å². The number of aryl methyl sites for hydroxylation is 1. The molecule has 0 bridgehead atoms. The van der Waals surface area contributed by atoms with Gasteiger partial charge in [0.05, 0.1) is 12.6 Å². The summed E-state index contributed by atoms with van der Waals surface area (Å²) < 4.78 is 9.44. The molecule has 3 N–H and O–H groups in total. The smallest absolute Gasteiger partial charge is 0.417 e. The number of hydrogen-bond donors (Lipinski definition) is 2. The molecule has 0 saturated heterocycles. The summed E-state index contributed by atoms with van der Waals surface area (Å²) in [4.78, 5) is 24.7. The fraction of sp³-hybridized carbons (Fsp3) is 0.333. The van der Waals surface area contributed by atoms with Gasteiger partial charge in [0.15, 0.2) is 5.58 Å². The maximum absolute atomic E-state index is 11.1. The van der Waals surface area contributed by atoms with Crippen molar-refractivity contribution >= 4 is 17.1 Å². The predicted molar refractivity (Wildman–Crippen MR) is 65.1 cm³/mol. The number of H-pyrrole nitrogens is 1. The maximum Gasteiger partial charge on any atom is 0.417 e. The predicted octanol–water partition coefficient (Wildman–Crippen LogP) is 0.554. The first-order valence-corrected chi connectivity index (χ1v) is 5.55. The molecular formula is C12H14N2O4. The number of carbonyl (C=O) groups is 1. The van der Waals surface area contributed by atoms with Crippen molar-refractivity contribution in [1.29, 1.82) is 0 Å². The highest BCUT2D eigenvalue weighted by molar-refractivity contribution is 5.75. The van der Waals surface area contributed by atoms with E-state index in [9.17, 15) is 9.59 Å². The van der Waals surface area contributed by atoms with Crippen LogP contribution in [0.25, 0.3) is 11.1 Å². The Morgan fingerprint density at radius 2 is 2.33 bits per heavy atom. The van der Waals surface area contributed by atoms with Crippen molar-refractivity contribution in [2.75, 3.05) is 7.11 Å². The quantitative estimate of drug-likeness (QED) is 0.772. The lowest BCUT2D eigenvalue weighted by Gasteiger charge is -2.08. The van der Waals surface area contributed by atoms with Gasteiger partial charge in [0.25, 0.3) is 0 Å². The van der Waals surface area contributed by atoms with Gasteiger partial charge in [-0.1, -0.05) is 6.07 Å². The number of aromatic amines is 1. The van der Waals surface area contributed by atoms with Gasteiger partial charge < -0.3 is 14.9 Å². The number of nitrogens with one attached hydrogen (secondary N) is 1. The fourth-order valence-corrected chi connectivity index (χ4v) is 1.75. The number of rotatable bonds is 4. The molecule has 0 aliphatic rings. The van der Waals surface area contributed by atoms with Crippen LogP contribution >= 0.6 is 0 Å². The van der Waals surface area contributed by atoms with Gasteiger partial charge in [0, 0.05) is 0 Å². The molecule has 1 heterocycles. The topological polar surface area (TPSA) is 98.3 Å². The maximum atomic E-state index is 11.1. The molecule has 1 aromatic heterocycles. The molecule has 0 spiro atoms. The second kappa shape index (κ2) is 5.05. The molecule has 2 rings (SSSR count). The van der Waals surface area contributed by atoms with Crippen molar-refractivity contribution in [2.24, 2.45) is 5.73 Å². The number of aromatic nitrogens is 1. The number of benzene rings is 1. The van der Waals surface area contributed by atoms with Gasteiger partial charge in [-0.15, -0.1) is 0 Å². The Labute approximate surface area is 103 Å². The Hall–Kier alpha value is -2.08. The number of oxazole rings is 1. The van der Waals surface area contributed by atoms with Crippen LogP contribution in [0, 0.1) is 0 Å². The normalized spacial score (nSPS) is 12.6. The number of methoxy groups -OCH3 is 1. The van der Waals surface area contributed by atoms with Crippen molar-refractivity contribution in [3.05, 3.63) is 34.3 Å². The van der Waals surface area contributed by atoms with Crippen LogP contribution in [0.1, 0.15) is 12.0 Å². The summed E-state index contributed by atoms with van der Waals surface area (Å²) in [6.45, 7) is 0. The first-order valence-electron chi connectivity index (χ1n) is 5.55. The van der Waals surface area contributed by atoms with E-state index in [0.717, 1.165) is 5.56 Å². The third kappa shape index (κ3) is 2.60. The standard InChI is InChI=1S/C12H14N2O4/c1-17-11(15)8(13)4-2-7-3-5-10-9(6-7)14-12(16)18-10/h3,5-6,8H,2,4,13H2,1H3,(H,14,16). The molecule has 0 radical (unpaired) electrons. The van der Waals surface area contributed by atoms with E-state index in [4.69, 9.17) is 10.2 Å². The molecule has 6 heteroatoms. The number of carbonyl (C=O) groups excluding carboxylic acids is 1. The largest absolute Gasteiger partial charge is 0.468 e. The van der Waals surface area contributed by atoms with Crippen LogP contribution in [0.2, 0.25) is 0 Å². The Morgan fingerprint density at radius 3 is 3.06 bits per heavy atom. The number of ether oxygens (including phenoxy) is 1. The number of nitrogens with two attached hydrogens (primary N) is 1. The minimum Gasteiger partial charge on any atom is -0.468 e. The van der Waals surface area contributed by atoms with E-state index in [-0.39, 0.29) is 0 Å². The summed E-state index contributed by atoms with van der Waals surface area (Å²) >= 11 is 0. The van der Waals surface area contributed by atoms with Gasteiger partial charge in [0.2, 0.25) is 0 Å². The van der Waals surface area contributed by atoms with E-state index in [1.54, 1.807) is 6.07 Å². The lowest BCUT2D eigenvalue weighted by atomic mass is 10.1. The molecule has 6 nitrogen and oxygen atoms in total. The summed E-state index contributed by atoms with van der Waals surface area (Å²) in [5.41, 5.74) is 7.77. The first-order chi connectivity index (χ1) is 8.60. The SMILES string of the molecule is COC(=O)C(N)CCc1ccc2oc(=O)[nH]c2c1. The van der Waals surface area contributed by atoms with Crippen molar-refractivity contribution in [2.45, 2.75) is 18.9 Å². The zero-order valence-electron chi connectivity index (χ0n) is 9.93. The van der Waals surface area contributed by atoms with Crippen molar-refractivity contribution < 1.29 is 13.9 Å². The van der Waals surface area contributed by atoms with Gasteiger partial charge in [-0.3, -0.25) is 9.78 Å². The molecule has 18 heavy (non-hydrogen) atoms. The zero-order valence-corrected chi connectivity index (χ0v) is 9.93. The minimum atomic E-state index is -0.630. The van der Waals surface area contributed by atoms with Crippen LogP contribution in [0.3, 0.4) is 0 Å². The highest BCUT2D eigenvalue weighted by atomic mass is 16.5. The molecule has 0 fully saturated rings. The molecule has 0 amide bonds. The third-order valence-corrected chi connectivity index (χ3v) is 2.73.